The van der Waals surface area contributed by atoms with Crippen LogP contribution in [0.5, 0.6) is 5.75 Å². The molecule has 0 spiro atoms. The Morgan fingerprint density at radius 1 is 1.04 bits per heavy atom. The standard InChI is InChI=1S/C20H22N4O/c1-4-18(15-7-5-14(2)6-8-15)22-20-23-19(13-21-24-20)16-9-11-17(25-3)12-10-16/h5-13,18H,4H2,1-3H3,(H,22,23,24)/t18-/m1/s1. The second kappa shape index (κ2) is 7.75. The number of ether oxygens (including phenoxy) is 1. The largest absolute Gasteiger partial charge is 0.497 e. The molecule has 0 saturated carbocycles. The van der Waals surface area contributed by atoms with E-state index in [0.717, 1.165) is 23.4 Å². The molecule has 3 aromatic rings. The van der Waals surface area contributed by atoms with Gasteiger partial charge < -0.3 is 10.1 Å². The van der Waals surface area contributed by atoms with E-state index in [1.807, 2.05) is 24.3 Å². The predicted octanol–water partition coefficient (Wildman–Crippen LogP) is 4.42. The Morgan fingerprint density at radius 3 is 2.40 bits per heavy atom. The molecule has 0 bridgehead atoms. The molecule has 1 heterocycles. The highest BCUT2D eigenvalue weighted by atomic mass is 16.5. The van der Waals surface area contributed by atoms with Crippen LogP contribution in [0.1, 0.15) is 30.5 Å². The molecule has 0 radical (unpaired) electrons. The van der Waals surface area contributed by atoms with Crippen molar-refractivity contribution in [2.75, 3.05) is 12.4 Å². The molecule has 25 heavy (non-hydrogen) atoms. The van der Waals surface area contributed by atoms with Gasteiger partial charge in [0.15, 0.2) is 0 Å². The first-order chi connectivity index (χ1) is 12.2. The van der Waals surface area contributed by atoms with Crippen molar-refractivity contribution in [2.45, 2.75) is 26.3 Å². The van der Waals surface area contributed by atoms with Gasteiger partial charge in [-0.05, 0) is 43.2 Å². The van der Waals surface area contributed by atoms with E-state index in [-0.39, 0.29) is 6.04 Å². The Hall–Kier alpha value is -2.95. The summed E-state index contributed by atoms with van der Waals surface area (Å²) in [4.78, 5) is 4.60. The van der Waals surface area contributed by atoms with Gasteiger partial charge in [-0.1, -0.05) is 36.8 Å². The quantitative estimate of drug-likeness (QED) is 0.723. The first-order valence-electron chi connectivity index (χ1n) is 8.37. The fraction of sp³-hybridized carbons (Fsp3) is 0.250. The Morgan fingerprint density at radius 2 is 1.76 bits per heavy atom. The van der Waals surface area contributed by atoms with Gasteiger partial charge in [0.25, 0.3) is 0 Å². The average Bonchev–Trinajstić information content (AvgIpc) is 2.67. The monoisotopic (exact) mass is 334 g/mol. The summed E-state index contributed by atoms with van der Waals surface area (Å²) in [6, 6.07) is 16.4. The minimum atomic E-state index is 0.147. The van der Waals surface area contributed by atoms with Crippen LogP contribution in [-0.4, -0.2) is 22.3 Å². The van der Waals surface area contributed by atoms with Crippen molar-refractivity contribution in [3.63, 3.8) is 0 Å². The highest BCUT2D eigenvalue weighted by Crippen LogP contribution is 2.23. The van der Waals surface area contributed by atoms with E-state index >= 15 is 0 Å². The molecule has 3 rings (SSSR count). The second-order valence-electron chi connectivity index (χ2n) is 5.91. The third kappa shape index (κ3) is 4.12. The van der Waals surface area contributed by atoms with Crippen molar-refractivity contribution in [3.05, 3.63) is 65.9 Å². The van der Waals surface area contributed by atoms with Crippen LogP contribution in [0.2, 0.25) is 0 Å². The third-order valence-electron chi connectivity index (χ3n) is 4.14. The van der Waals surface area contributed by atoms with Crippen LogP contribution in [-0.2, 0) is 0 Å². The molecule has 0 aliphatic rings. The van der Waals surface area contributed by atoms with Crippen LogP contribution in [0.3, 0.4) is 0 Å². The predicted molar refractivity (Wildman–Crippen MR) is 99.6 cm³/mol. The highest BCUT2D eigenvalue weighted by molar-refractivity contribution is 5.60. The van der Waals surface area contributed by atoms with Gasteiger partial charge in [-0.2, -0.15) is 5.10 Å². The zero-order valence-electron chi connectivity index (χ0n) is 14.7. The fourth-order valence-corrected chi connectivity index (χ4v) is 2.64. The van der Waals surface area contributed by atoms with Gasteiger partial charge >= 0.3 is 0 Å². The molecule has 5 heteroatoms. The number of benzene rings is 2. The van der Waals surface area contributed by atoms with Gasteiger partial charge in [0.1, 0.15) is 5.75 Å². The molecule has 1 N–H and O–H groups in total. The number of hydrogen-bond donors (Lipinski definition) is 1. The molecule has 1 aromatic heterocycles. The third-order valence-corrected chi connectivity index (χ3v) is 4.14. The Labute approximate surface area is 148 Å². The minimum absolute atomic E-state index is 0.147. The number of aromatic nitrogens is 3. The van der Waals surface area contributed by atoms with E-state index < -0.39 is 0 Å². The van der Waals surface area contributed by atoms with Gasteiger partial charge in [-0.15, -0.1) is 5.10 Å². The van der Waals surface area contributed by atoms with Crippen LogP contribution in [0.4, 0.5) is 5.95 Å². The van der Waals surface area contributed by atoms with Crippen molar-refractivity contribution in [2.24, 2.45) is 0 Å². The van der Waals surface area contributed by atoms with Crippen LogP contribution >= 0.6 is 0 Å². The molecule has 1 atom stereocenters. The number of rotatable bonds is 6. The topological polar surface area (TPSA) is 59.9 Å². The summed E-state index contributed by atoms with van der Waals surface area (Å²) in [5, 5.41) is 11.6. The van der Waals surface area contributed by atoms with Gasteiger partial charge in [-0.25, -0.2) is 4.98 Å². The van der Waals surface area contributed by atoms with E-state index in [0.29, 0.717) is 5.95 Å². The summed E-state index contributed by atoms with van der Waals surface area (Å²) in [5.41, 5.74) is 4.21. The van der Waals surface area contributed by atoms with Crippen LogP contribution < -0.4 is 10.1 Å². The first kappa shape index (κ1) is 16.9. The van der Waals surface area contributed by atoms with Crippen LogP contribution in [0, 0.1) is 6.92 Å². The Bertz CT molecular complexity index is 816. The molecule has 2 aromatic carbocycles. The number of nitrogens with zero attached hydrogens (tertiary/aromatic N) is 3. The van der Waals surface area contributed by atoms with Crippen molar-refractivity contribution < 1.29 is 4.74 Å². The van der Waals surface area contributed by atoms with Crippen LogP contribution in [0.25, 0.3) is 11.3 Å². The van der Waals surface area contributed by atoms with Gasteiger partial charge in [0.05, 0.1) is 25.0 Å². The van der Waals surface area contributed by atoms with E-state index in [1.54, 1.807) is 13.3 Å². The molecule has 0 fully saturated rings. The summed E-state index contributed by atoms with van der Waals surface area (Å²) in [5.74, 6) is 1.34. The molecule has 0 saturated heterocycles. The van der Waals surface area contributed by atoms with Crippen molar-refractivity contribution in [1.82, 2.24) is 15.2 Å². The number of aryl methyl sites for hydroxylation is 1. The number of methoxy groups -OCH3 is 1. The van der Waals surface area contributed by atoms with Gasteiger partial charge in [0, 0.05) is 5.56 Å². The van der Waals surface area contributed by atoms with E-state index in [4.69, 9.17) is 4.74 Å². The smallest absolute Gasteiger partial charge is 0.243 e. The maximum atomic E-state index is 5.19. The molecule has 5 nitrogen and oxygen atoms in total. The van der Waals surface area contributed by atoms with Gasteiger partial charge in [0.2, 0.25) is 5.95 Å². The molecule has 0 unspecified atom stereocenters. The Balaban J connectivity index is 1.81. The first-order valence-corrected chi connectivity index (χ1v) is 8.37. The second-order valence-corrected chi connectivity index (χ2v) is 5.91. The van der Waals surface area contributed by atoms with Crippen molar-refractivity contribution in [1.29, 1.82) is 0 Å². The van der Waals surface area contributed by atoms with Gasteiger partial charge in [-0.3, -0.25) is 0 Å². The fourth-order valence-electron chi connectivity index (χ4n) is 2.64. The normalized spacial score (nSPS) is 11.8. The van der Waals surface area contributed by atoms with E-state index in [2.05, 4.69) is 58.6 Å². The molecular weight excluding hydrogens is 312 g/mol. The molecular formula is C20H22N4O. The molecule has 0 amide bonds. The zero-order valence-corrected chi connectivity index (χ0v) is 14.7. The molecule has 0 aliphatic carbocycles. The zero-order chi connectivity index (χ0) is 17.6. The van der Waals surface area contributed by atoms with E-state index in [9.17, 15) is 0 Å². The minimum Gasteiger partial charge on any atom is -0.497 e. The number of nitrogens with one attached hydrogen (secondary N) is 1. The number of anilines is 1. The maximum absolute atomic E-state index is 5.19. The lowest BCUT2D eigenvalue weighted by atomic mass is 10.0. The summed E-state index contributed by atoms with van der Waals surface area (Å²) in [6.45, 7) is 4.22. The molecule has 0 aliphatic heterocycles. The summed E-state index contributed by atoms with van der Waals surface area (Å²) >= 11 is 0. The average molecular weight is 334 g/mol. The van der Waals surface area contributed by atoms with Crippen molar-refractivity contribution in [3.8, 4) is 17.0 Å². The SMILES string of the molecule is CC[C@@H](Nc1nncc(-c2ccc(OC)cc2)n1)c1ccc(C)cc1. The lowest BCUT2D eigenvalue weighted by molar-refractivity contribution is 0.415. The lowest BCUT2D eigenvalue weighted by Crippen LogP contribution is -2.12. The maximum Gasteiger partial charge on any atom is 0.243 e. The number of hydrogen-bond acceptors (Lipinski definition) is 5. The summed E-state index contributed by atoms with van der Waals surface area (Å²) in [7, 11) is 1.65. The van der Waals surface area contributed by atoms with Crippen LogP contribution in [0.15, 0.2) is 54.7 Å². The summed E-state index contributed by atoms with van der Waals surface area (Å²) < 4.78 is 5.19. The highest BCUT2D eigenvalue weighted by Gasteiger charge is 2.12. The van der Waals surface area contributed by atoms with Crippen molar-refractivity contribution >= 4 is 5.95 Å². The van der Waals surface area contributed by atoms with E-state index in [1.165, 1.54) is 11.1 Å². The molecule has 128 valence electrons. The Kier molecular flexibility index (Phi) is 5.23. The lowest BCUT2D eigenvalue weighted by Gasteiger charge is -2.17. The summed E-state index contributed by atoms with van der Waals surface area (Å²) in [6.07, 6.45) is 2.60.